The van der Waals surface area contributed by atoms with Gasteiger partial charge in [-0.1, -0.05) is 18.3 Å². The Morgan fingerprint density at radius 3 is 3.38 bits per heavy atom. The van der Waals surface area contributed by atoms with E-state index in [4.69, 9.17) is 4.74 Å². The molecule has 1 aliphatic rings. The maximum absolute atomic E-state index is 5.51. The highest BCUT2D eigenvalue weighted by Gasteiger charge is 2.31. The minimum absolute atomic E-state index is 0.339. The van der Waals surface area contributed by atoms with Crippen molar-refractivity contribution in [3.8, 4) is 0 Å². The van der Waals surface area contributed by atoms with Crippen LogP contribution in [0.3, 0.4) is 0 Å². The van der Waals surface area contributed by atoms with Crippen molar-refractivity contribution in [3.05, 3.63) is 11.3 Å². The number of rotatable bonds is 3. The topological polar surface area (TPSA) is 64.3 Å². The molecule has 1 fully saturated rings. The zero-order valence-corrected chi connectivity index (χ0v) is 9.78. The number of hydrogen-bond donors (Lipinski definition) is 1. The van der Waals surface area contributed by atoms with Gasteiger partial charge >= 0.3 is 0 Å². The molecule has 0 bridgehead atoms. The lowest BCUT2D eigenvalue weighted by atomic mass is 10.1. The van der Waals surface area contributed by atoms with Gasteiger partial charge in [-0.3, -0.25) is 0 Å². The first kappa shape index (κ1) is 10.1. The van der Waals surface area contributed by atoms with Gasteiger partial charge in [0, 0.05) is 6.04 Å². The SMILES string of the molecule is CCNC1COCC1c1nn2cnnc2s1. The van der Waals surface area contributed by atoms with Gasteiger partial charge in [0.25, 0.3) is 0 Å². The average molecular weight is 239 g/mol. The third-order valence-electron chi connectivity index (χ3n) is 2.77. The van der Waals surface area contributed by atoms with Gasteiger partial charge in [0.15, 0.2) is 0 Å². The van der Waals surface area contributed by atoms with Crippen molar-refractivity contribution in [2.24, 2.45) is 0 Å². The maximum Gasteiger partial charge on any atom is 0.234 e. The smallest absolute Gasteiger partial charge is 0.234 e. The fraction of sp³-hybridized carbons (Fsp3) is 0.667. The Balaban J connectivity index is 1.88. The van der Waals surface area contributed by atoms with Crippen LogP contribution in [0.15, 0.2) is 6.33 Å². The van der Waals surface area contributed by atoms with Crippen molar-refractivity contribution < 1.29 is 4.74 Å². The summed E-state index contributed by atoms with van der Waals surface area (Å²) in [7, 11) is 0. The zero-order chi connectivity index (χ0) is 11.0. The monoisotopic (exact) mass is 239 g/mol. The highest BCUT2D eigenvalue weighted by Crippen LogP contribution is 2.28. The molecule has 0 aromatic carbocycles. The Morgan fingerprint density at radius 1 is 1.62 bits per heavy atom. The fourth-order valence-electron chi connectivity index (χ4n) is 1.99. The van der Waals surface area contributed by atoms with Gasteiger partial charge in [-0.2, -0.15) is 9.61 Å². The van der Waals surface area contributed by atoms with Crippen LogP contribution >= 0.6 is 11.3 Å². The molecule has 3 rings (SSSR count). The normalized spacial score (nSPS) is 25.6. The van der Waals surface area contributed by atoms with Gasteiger partial charge in [0.2, 0.25) is 4.96 Å². The third kappa shape index (κ3) is 1.60. The van der Waals surface area contributed by atoms with E-state index in [1.165, 1.54) is 0 Å². The number of likely N-dealkylation sites (N-methyl/N-ethyl adjacent to an activating group) is 1. The van der Waals surface area contributed by atoms with E-state index >= 15 is 0 Å². The molecule has 0 spiro atoms. The van der Waals surface area contributed by atoms with Gasteiger partial charge in [-0.15, -0.1) is 10.2 Å². The first-order valence-electron chi connectivity index (χ1n) is 5.36. The standard InChI is InChI=1S/C9H13N5OS/c1-2-10-7-4-15-3-6(7)8-13-14-5-11-12-9(14)16-8/h5-7,10H,2-4H2,1H3. The van der Waals surface area contributed by atoms with Crippen LogP contribution in [0.5, 0.6) is 0 Å². The number of aromatic nitrogens is 4. The molecule has 1 aliphatic heterocycles. The van der Waals surface area contributed by atoms with Crippen molar-refractivity contribution in [2.75, 3.05) is 19.8 Å². The van der Waals surface area contributed by atoms with Crippen LogP contribution in [-0.4, -0.2) is 45.6 Å². The average Bonchev–Trinajstić information content (AvgIpc) is 2.88. The molecule has 2 aromatic heterocycles. The lowest BCUT2D eigenvalue weighted by Gasteiger charge is -2.14. The van der Waals surface area contributed by atoms with Crippen LogP contribution in [0.4, 0.5) is 0 Å². The Hall–Kier alpha value is -1.05. The molecule has 2 atom stereocenters. The van der Waals surface area contributed by atoms with E-state index in [1.54, 1.807) is 22.2 Å². The summed E-state index contributed by atoms with van der Waals surface area (Å²) >= 11 is 1.59. The fourth-order valence-corrected chi connectivity index (χ4v) is 2.96. The Kier molecular flexibility index (Phi) is 2.58. The van der Waals surface area contributed by atoms with Gasteiger partial charge in [-0.25, -0.2) is 0 Å². The zero-order valence-electron chi connectivity index (χ0n) is 8.96. The lowest BCUT2D eigenvalue weighted by molar-refractivity contribution is 0.187. The molecule has 0 amide bonds. The van der Waals surface area contributed by atoms with E-state index in [2.05, 4.69) is 27.5 Å². The van der Waals surface area contributed by atoms with Crippen molar-refractivity contribution in [1.29, 1.82) is 0 Å². The minimum atomic E-state index is 0.339. The highest BCUT2D eigenvalue weighted by atomic mass is 32.1. The molecule has 1 saturated heterocycles. The van der Waals surface area contributed by atoms with Gasteiger partial charge in [0.1, 0.15) is 11.3 Å². The van der Waals surface area contributed by atoms with Crippen molar-refractivity contribution in [1.82, 2.24) is 25.1 Å². The van der Waals surface area contributed by atoms with E-state index < -0.39 is 0 Å². The van der Waals surface area contributed by atoms with E-state index in [9.17, 15) is 0 Å². The predicted octanol–water partition coefficient (Wildman–Crippen LogP) is 0.278. The Bertz CT molecular complexity index is 452. The highest BCUT2D eigenvalue weighted by molar-refractivity contribution is 7.16. The van der Waals surface area contributed by atoms with E-state index in [1.807, 2.05) is 0 Å². The van der Waals surface area contributed by atoms with Crippen LogP contribution in [0.1, 0.15) is 17.8 Å². The van der Waals surface area contributed by atoms with Crippen LogP contribution in [0.2, 0.25) is 0 Å². The van der Waals surface area contributed by atoms with Crippen molar-refractivity contribution >= 4 is 16.3 Å². The van der Waals surface area contributed by atoms with Crippen molar-refractivity contribution in [3.63, 3.8) is 0 Å². The van der Waals surface area contributed by atoms with Gasteiger partial charge in [0.05, 0.1) is 19.1 Å². The second-order valence-electron chi connectivity index (χ2n) is 3.81. The lowest BCUT2D eigenvalue weighted by Crippen LogP contribution is -2.34. The van der Waals surface area contributed by atoms with E-state index in [0.717, 1.165) is 29.7 Å². The molecule has 0 saturated carbocycles. The third-order valence-corrected chi connectivity index (χ3v) is 3.81. The van der Waals surface area contributed by atoms with Crippen LogP contribution in [-0.2, 0) is 4.74 Å². The molecule has 16 heavy (non-hydrogen) atoms. The molecule has 0 radical (unpaired) electrons. The van der Waals surface area contributed by atoms with Gasteiger partial charge in [-0.05, 0) is 6.54 Å². The first-order chi connectivity index (χ1) is 7.88. The summed E-state index contributed by atoms with van der Waals surface area (Å²) in [5, 5.41) is 16.8. The Morgan fingerprint density at radius 2 is 2.56 bits per heavy atom. The molecule has 7 heteroatoms. The maximum atomic E-state index is 5.51. The summed E-state index contributed by atoms with van der Waals surface area (Å²) < 4.78 is 7.23. The van der Waals surface area contributed by atoms with Gasteiger partial charge < -0.3 is 10.1 Å². The van der Waals surface area contributed by atoms with Crippen LogP contribution in [0.25, 0.3) is 4.96 Å². The Labute approximate surface area is 96.6 Å². The molecule has 86 valence electrons. The molecule has 3 heterocycles. The molecule has 0 aliphatic carbocycles. The van der Waals surface area contributed by atoms with E-state index in [-0.39, 0.29) is 0 Å². The summed E-state index contributed by atoms with van der Waals surface area (Å²) in [4.78, 5) is 0.845. The van der Waals surface area contributed by atoms with Crippen LogP contribution in [0, 0.1) is 0 Å². The number of ether oxygens (including phenoxy) is 1. The largest absolute Gasteiger partial charge is 0.379 e. The van der Waals surface area contributed by atoms with Crippen molar-refractivity contribution in [2.45, 2.75) is 18.9 Å². The molecular weight excluding hydrogens is 226 g/mol. The summed E-state index contributed by atoms with van der Waals surface area (Å²) in [5.41, 5.74) is 0. The number of fused-ring (bicyclic) bond motifs is 1. The number of hydrogen-bond acceptors (Lipinski definition) is 6. The summed E-state index contributed by atoms with van der Waals surface area (Å²) in [5.74, 6) is 0.339. The van der Waals surface area contributed by atoms with Crippen LogP contribution < -0.4 is 5.32 Å². The molecule has 1 N–H and O–H groups in total. The summed E-state index contributed by atoms with van der Waals surface area (Å²) in [6.45, 7) is 4.56. The quantitative estimate of drug-likeness (QED) is 0.833. The molecular formula is C9H13N5OS. The summed E-state index contributed by atoms with van der Waals surface area (Å²) in [6.07, 6.45) is 1.63. The molecule has 2 unspecified atom stereocenters. The molecule has 2 aromatic rings. The number of nitrogens with zero attached hydrogens (tertiary/aromatic N) is 4. The number of nitrogens with one attached hydrogen (secondary N) is 1. The second kappa shape index (κ2) is 4.08. The minimum Gasteiger partial charge on any atom is -0.379 e. The predicted molar refractivity (Wildman–Crippen MR) is 59.7 cm³/mol. The van der Waals surface area contributed by atoms with E-state index in [0.29, 0.717) is 12.0 Å². The summed E-state index contributed by atoms with van der Waals surface area (Å²) in [6, 6.07) is 0.369. The first-order valence-corrected chi connectivity index (χ1v) is 6.18. The second-order valence-corrected chi connectivity index (χ2v) is 4.79. The molecule has 6 nitrogen and oxygen atoms in total.